The minimum absolute atomic E-state index is 0.00368. The highest BCUT2D eigenvalue weighted by Gasteiger charge is 2.42. The number of carbonyl (C=O) groups is 2. The minimum Gasteiger partial charge on any atom is -0.341 e. The highest BCUT2D eigenvalue weighted by Crippen LogP contribution is 2.32. The summed E-state index contributed by atoms with van der Waals surface area (Å²) in [4.78, 5) is 33.2. The number of carbonyl (C=O) groups excluding carboxylic acids is 2. The summed E-state index contributed by atoms with van der Waals surface area (Å²) in [5.74, 6) is 0.885. The van der Waals surface area contributed by atoms with E-state index < -0.39 is 0 Å². The zero-order valence-electron chi connectivity index (χ0n) is 15.8. The molecular weight excluding hydrogens is 368 g/mol. The van der Waals surface area contributed by atoms with Crippen LogP contribution in [0, 0.1) is 5.92 Å². The van der Waals surface area contributed by atoms with Crippen molar-refractivity contribution in [1.29, 1.82) is 0 Å². The van der Waals surface area contributed by atoms with E-state index in [0.717, 1.165) is 11.3 Å². The first-order valence-corrected chi connectivity index (χ1v) is 9.72. The van der Waals surface area contributed by atoms with Gasteiger partial charge in [-0.2, -0.15) is 4.98 Å². The molecule has 2 fully saturated rings. The van der Waals surface area contributed by atoms with Gasteiger partial charge in [0.15, 0.2) is 0 Å². The highest BCUT2D eigenvalue weighted by atomic mass is 16.5. The minimum atomic E-state index is -0.300. The molecule has 5 rings (SSSR count). The second-order valence-corrected chi connectivity index (χ2v) is 7.50. The SMILES string of the molecule is O=C(C1CC(=O)N(c2ccccc2)C1)N1CC(c2nc(-c3ccccc3)no2)C1. The first-order valence-electron chi connectivity index (χ1n) is 9.72. The summed E-state index contributed by atoms with van der Waals surface area (Å²) >= 11 is 0. The summed E-state index contributed by atoms with van der Waals surface area (Å²) < 4.78 is 5.41. The molecule has 0 spiro atoms. The number of aromatic nitrogens is 2. The normalized spacial score (nSPS) is 19.4. The molecule has 2 saturated heterocycles. The van der Waals surface area contributed by atoms with Gasteiger partial charge in [-0.25, -0.2) is 0 Å². The molecule has 2 amide bonds. The molecular formula is C22H20N4O3. The molecule has 3 heterocycles. The van der Waals surface area contributed by atoms with Gasteiger partial charge < -0.3 is 14.3 Å². The average Bonchev–Trinajstić information content (AvgIpc) is 3.35. The van der Waals surface area contributed by atoms with Crippen LogP contribution < -0.4 is 4.90 Å². The standard InChI is InChI=1S/C22H20N4O3/c27-19-11-16(14-26(19)18-9-5-2-6-10-18)22(28)25-12-17(13-25)21-23-20(24-29-21)15-7-3-1-4-8-15/h1-10,16-17H,11-14H2. The van der Waals surface area contributed by atoms with E-state index in [2.05, 4.69) is 10.1 Å². The average molecular weight is 388 g/mol. The molecule has 7 nitrogen and oxygen atoms in total. The largest absolute Gasteiger partial charge is 0.341 e. The maximum absolute atomic E-state index is 12.8. The van der Waals surface area contributed by atoms with E-state index in [4.69, 9.17) is 4.52 Å². The molecule has 2 aliphatic heterocycles. The Bertz CT molecular complexity index is 1030. The number of anilines is 1. The van der Waals surface area contributed by atoms with Gasteiger partial charge in [0.25, 0.3) is 0 Å². The molecule has 7 heteroatoms. The quantitative estimate of drug-likeness (QED) is 0.687. The Labute approximate surface area is 167 Å². The molecule has 1 atom stereocenters. The lowest BCUT2D eigenvalue weighted by Crippen LogP contribution is -2.51. The molecule has 1 unspecified atom stereocenters. The topological polar surface area (TPSA) is 79.5 Å². The highest BCUT2D eigenvalue weighted by molar-refractivity contribution is 6.00. The lowest BCUT2D eigenvalue weighted by molar-refractivity contribution is -0.140. The zero-order valence-corrected chi connectivity index (χ0v) is 15.8. The fraction of sp³-hybridized carbons (Fsp3) is 0.273. The van der Waals surface area contributed by atoms with E-state index in [1.165, 1.54) is 0 Å². The molecule has 0 N–H and O–H groups in total. The van der Waals surface area contributed by atoms with Crippen molar-refractivity contribution >= 4 is 17.5 Å². The van der Waals surface area contributed by atoms with Gasteiger partial charge in [0.2, 0.25) is 23.5 Å². The van der Waals surface area contributed by atoms with Crippen LogP contribution in [0.25, 0.3) is 11.4 Å². The van der Waals surface area contributed by atoms with Crippen molar-refractivity contribution in [1.82, 2.24) is 15.0 Å². The number of nitrogens with zero attached hydrogens (tertiary/aromatic N) is 4. The van der Waals surface area contributed by atoms with E-state index in [-0.39, 0.29) is 30.1 Å². The van der Waals surface area contributed by atoms with Crippen LogP contribution in [0.5, 0.6) is 0 Å². The van der Waals surface area contributed by atoms with Crippen LogP contribution in [-0.4, -0.2) is 46.5 Å². The Morgan fingerprint density at radius 1 is 0.966 bits per heavy atom. The van der Waals surface area contributed by atoms with Crippen LogP contribution in [0.15, 0.2) is 65.2 Å². The third-order valence-corrected chi connectivity index (χ3v) is 5.56. The molecule has 2 aliphatic rings. The number of hydrogen-bond donors (Lipinski definition) is 0. The number of hydrogen-bond acceptors (Lipinski definition) is 5. The number of para-hydroxylation sites is 1. The Morgan fingerprint density at radius 2 is 1.66 bits per heavy atom. The zero-order chi connectivity index (χ0) is 19.8. The summed E-state index contributed by atoms with van der Waals surface area (Å²) in [5, 5.41) is 4.05. The fourth-order valence-corrected chi connectivity index (χ4v) is 3.91. The fourth-order valence-electron chi connectivity index (χ4n) is 3.91. The summed E-state index contributed by atoms with van der Waals surface area (Å²) in [7, 11) is 0. The third-order valence-electron chi connectivity index (χ3n) is 5.56. The molecule has 1 aromatic heterocycles. The van der Waals surface area contributed by atoms with Crippen molar-refractivity contribution in [2.75, 3.05) is 24.5 Å². The van der Waals surface area contributed by atoms with Crippen molar-refractivity contribution in [2.45, 2.75) is 12.3 Å². The molecule has 29 heavy (non-hydrogen) atoms. The van der Waals surface area contributed by atoms with Gasteiger partial charge in [-0.05, 0) is 12.1 Å². The van der Waals surface area contributed by atoms with Gasteiger partial charge in [-0.1, -0.05) is 53.7 Å². The Morgan fingerprint density at radius 3 is 2.38 bits per heavy atom. The van der Waals surface area contributed by atoms with Crippen molar-refractivity contribution in [2.24, 2.45) is 5.92 Å². The van der Waals surface area contributed by atoms with Gasteiger partial charge in [0, 0.05) is 37.3 Å². The Balaban J connectivity index is 1.20. The van der Waals surface area contributed by atoms with Crippen molar-refractivity contribution < 1.29 is 14.1 Å². The number of benzene rings is 2. The molecule has 3 aromatic rings. The molecule has 0 aliphatic carbocycles. The predicted octanol–water partition coefficient (Wildman–Crippen LogP) is 2.72. The smallest absolute Gasteiger partial charge is 0.233 e. The summed E-state index contributed by atoms with van der Waals surface area (Å²) in [5.41, 5.74) is 1.74. The Kier molecular flexibility index (Phi) is 4.35. The Hall–Kier alpha value is -3.48. The first kappa shape index (κ1) is 17.6. The van der Waals surface area contributed by atoms with E-state index >= 15 is 0 Å². The monoisotopic (exact) mass is 388 g/mol. The number of rotatable bonds is 4. The maximum Gasteiger partial charge on any atom is 0.233 e. The summed E-state index contributed by atoms with van der Waals surface area (Å²) in [6.07, 6.45) is 0.258. The maximum atomic E-state index is 12.8. The lowest BCUT2D eigenvalue weighted by atomic mass is 9.96. The van der Waals surface area contributed by atoms with E-state index in [9.17, 15) is 9.59 Å². The van der Waals surface area contributed by atoms with Crippen molar-refractivity contribution in [3.63, 3.8) is 0 Å². The molecule has 0 saturated carbocycles. The molecule has 0 bridgehead atoms. The summed E-state index contributed by atoms with van der Waals surface area (Å²) in [6, 6.07) is 19.1. The van der Waals surface area contributed by atoms with E-state index in [0.29, 0.717) is 31.3 Å². The lowest BCUT2D eigenvalue weighted by Gasteiger charge is -2.38. The van der Waals surface area contributed by atoms with Crippen LogP contribution in [0.2, 0.25) is 0 Å². The molecule has 0 radical (unpaired) electrons. The van der Waals surface area contributed by atoms with E-state index in [1.807, 2.05) is 60.7 Å². The van der Waals surface area contributed by atoms with Gasteiger partial charge in [0.05, 0.1) is 11.8 Å². The van der Waals surface area contributed by atoms with Crippen LogP contribution in [0.3, 0.4) is 0 Å². The second kappa shape index (κ2) is 7.16. The summed E-state index contributed by atoms with van der Waals surface area (Å²) in [6.45, 7) is 1.53. The van der Waals surface area contributed by atoms with Gasteiger partial charge in [0.1, 0.15) is 0 Å². The van der Waals surface area contributed by atoms with Gasteiger partial charge >= 0.3 is 0 Å². The predicted molar refractivity (Wildman–Crippen MR) is 106 cm³/mol. The van der Waals surface area contributed by atoms with Crippen LogP contribution >= 0.6 is 0 Å². The van der Waals surface area contributed by atoms with Crippen LogP contribution in [0.4, 0.5) is 5.69 Å². The van der Waals surface area contributed by atoms with Gasteiger partial charge in [-0.3, -0.25) is 9.59 Å². The number of likely N-dealkylation sites (tertiary alicyclic amines) is 1. The van der Waals surface area contributed by atoms with Crippen molar-refractivity contribution in [3.8, 4) is 11.4 Å². The van der Waals surface area contributed by atoms with E-state index in [1.54, 1.807) is 9.80 Å². The molecule has 146 valence electrons. The van der Waals surface area contributed by atoms with Crippen LogP contribution in [0.1, 0.15) is 18.2 Å². The van der Waals surface area contributed by atoms with Gasteiger partial charge in [-0.15, -0.1) is 0 Å². The second-order valence-electron chi connectivity index (χ2n) is 7.50. The number of amides is 2. The van der Waals surface area contributed by atoms with Crippen LogP contribution in [-0.2, 0) is 9.59 Å². The first-order chi connectivity index (χ1) is 14.2. The third kappa shape index (κ3) is 3.29. The molecule has 2 aromatic carbocycles. The van der Waals surface area contributed by atoms with Crippen molar-refractivity contribution in [3.05, 3.63) is 66.6 Å².